The normalized spacial score (nSPS) is 22.8. The lowest BCUT2D eigenvalue weighted by molar-refractivity contribution is -0.443. The summed E-state index contributed by atoms with van der Waals surface area (Å²) in [7, 11) is 7.08. The highest BCUT2D eigenvalue weighted by molar-refractivity contribution is 5.92. The molecule has 6 aromatic rings. The Morgan fingerprint density at radius 1 is 0.543 bits per heavy atom. The second-order valence-corrected chi connectivity index (χ2v) is 37.3. The molecule has 15 rings (SSSR count). The van der Waals surface area contributed by atoms with Crippen molar-refractivity contribution < 1.29 is 114 Å². The smallest absolute Gasteiger partial charge is 0.336 e. The fourth-order valence-corrected chi connectivity index (χ4v) is 18.0. The van der Waals surface area contributed by atoms with Gasteiger partial charge in [-0.05, 0) is 205 Å². The van der Waals surface area contributed by atoms with Gasteiger partial charge in [0, 0.05) is 136 Å². The average Bonchev–Trinajstić information content (AvgIpc) is 1.65. The molecule has 0 radical (unpaired) electrons. The molecule has 138 heavy (non-hydrogen) atoms. The summed E-state index contributed by atoms with van der Waals surface area (Å²) in [4.78, 5) is 102. The van der Waals surface area contributed by atoms with Gasteiger partial charge in [-0.25, -0.2) is 51.4 Å². The number of anilines is 3. The highest BCUT2D eigenvalue weighted by Gasteiger charge is 2.53. The molecule has 4 aromatic carbocycles. The number of aliphatic hydroxyl groups excluding tert-OH is 2. The summed E-state index contributed by atoms with van der Waals surface area (Å²) in [6.07, 6.45) is 2.82. The van der Waals surface area contributed by atoms with Gasteiger partial charge in [-0.2, -0.15) is 5.26 Å². The van der Waals surface area contributed by atoms with Crippen LogP contribution in [0.2, 0.25) is 0 Å². The number of ether oxygens (including phenoxy) is 10. The number of imidazole rings is 2. The summed E-state index contributed by atoms with van der Waals surface area (Å²) in [6.45, 7) is 49.1. The SMILES string of the molecule is CNCC1(C)OCCO1.Cc1cn(C)c([C@H](O)[C@@H](O)C(=O)NCC2CCN(c3ccc(F)cc3C#N)CC2)n1.[C-]#[N+]c1cc(F)ccc1N1CCC(CNC(=O)[C@@H]2OC(C)(C)O[C@H]2C(=O)N(C)CC2(C)OCCO2)CC1.[C-]#[N+]c1cc(F)ccc1N1CCC(CNC(=O)[C@@H]2OC(C)(C)O[C@H]2C(=O)O)CC1.[C-]#[N+]c1cc(F)ccc1[N+]1=CCC(CNC(=O)[C@@H]2OC(C)(C)O[C@H]2c2nc(C)cn2C)CC1. The van der Waals surface area contributed by atoms with Crippen LogP contribution < -0.4 is 41.3 Å². The van der Waals surface area contributed by atoms with E-state index in [2.05, 4.69) is 56.0 Å². The molecule has 37 nitrogen and oxygen atoms in total. The molecule has 0 aliphatic carbocycles. The van der Waals surface area contributed by atoms with E-state index >= 15 is 0 Å². The van der Waals surface area contributed by atoms with Gasteiger partial charge >= 0.3 is 5.97 Å². The average molecular weight is 1930 g/mol. The summed E-state index contributed by atoms with van der Waals surface area (Å²) in [5.74, 6) is -7.66. The lowest BCUT2D eigenvalue weighted by atomic mass is 9.95. The molecule has 2 aromatic heterocycles. The van der Waals surface area contributed by atoms with Crippen LogP contribution in [0.3, 0.4) is 0 Å². The second kappa shape index (κ2) is 47.3. The van der Waals surface area contributed by atoms with Gasteiger partial charge in [0.2, 0.25) is 17.1 Å². The minimum Gasteiger partial charge on any atom is -0.479 e. The molecule has 8 N–H and O–H groups in total. The first-order chi connectivity index (χ1) is 65.4. The molecule has 9 aliphatic rings. The molecule has 9 aliphatic heterocycles. The summed E-state index contributed by atoms with van der Waals surface area (Å²) in [5, 5.41) is 53.4. The van der Waals surface area contributed by atoms with Crippen molar-refractivity contribution in [2.75, 3.05) is 140 Å². The van der Waals surface area contributed by atoms with Crippen LogP contribution in [0.5, 0.6) is 0 Å². The van der Waals surface area contributed by atoms with E-state index in [9.17, 15) is 66.9 Å². The number of nitrogens with zero attached hydrogens (tertiary/aromatic N) is 13. The Morgan fingerprint density at radius 3 is 1.41 bits per heavy atom. The highest BCUT2D eigenvalue weighted by Crippen LogP contribution is 2.41. The zero-order chi connectivity index (χ0) is 100. The Labute approximate surface area is 801 Å². The molecule has 746 valence electrons. The predicted octanol–water partition coefficient (Wildman–Crippen LogP) is 9.45. The first-order valence-electron chi connectivity index (χ1n) is 46.2. The van der Waals surface area contributed by atoms with Crippen LogP contribution in [0.4, 0.5) is 57.4 Å². The van der Waals surface area contributed by atoms with E-state index in [1.165, 1.54) is 53.4 Å². The number of aryl methyl sites for hydroxylation is 4. The van der Waals surface area contributed by atoms with E-state index in [0.717, 1.165) is 82.5 Å². The maximum Gasteiger partial charge on any atom is 0.336 e. The molecule has 8 saturated heterocycles. The van der Waals surface area contributed by atoms with Crippen molar-refractivity contribution in [3.8, 4) is 6.07 Å². The number of carboxylic acids is 1. The Balaban J connectivity index is 0.000000171. The van der Waals surface area contributed by atoms with Gasteiger partial charge in [0.1, 0.15) is 59.9 Å². The van der Waals surface area contributed by atoms with E-state index in [4.69, 9.17) is 67.1 Å². The number of aliphatic hydroxyl groups is 2. The van der Waals surface area contributed by atoms with Crippen LogP contribution in [-0.2, 0) is 90.2 Å². The minimum absolute atomic E-state index is 0.197. The molecule has 0 saturated carbocycles. The van der Waals surface area contributed by atoms with Crippen molar-refractivity contribution in [2.24, 2.45) is 37.8 Å². The van der Waals surface area contributed by atoms with Crippen molar-refractivity contribution in [1.29, 1.82) is 5.26 Å². The molecule has 0 bridgehead atoms. The van der Waals surface area contributed by atoms with Gasteiger partial charge < -0.3 is 118 Å². The number of carbonyl (C=O) groups is 6. The fraction of sp³-hybridized carbons (Fsp3) is 0.577. The first-order valence-corrected chi connectivity index (χ1v) is 46.2. The number of nitrogens with one attached hydrogen (secondary N) is 5. The van der Waals surface area contributed by atoms with Gasteiger partial charge in [0.25, 0.3) is 35.2 Å². The number of carbonyl (C=O) groups excluding carboxylic acids is 5. The second-order valence-electron chi connectivity index (χ2n) is 37.3. The molecule has 41 heteroatoms. The lowest BCUT2D eigenvalue weighted by Gasteiger charge is -2.34. The Bertz CT molecular complexity index is 5460. The molecular formula is C97H127F4N18O19+. The number of piperidine rings is 3. The van der Waals surface area contributed by atoms with Gasteiger partial charge in [0.05, 0.1) is 75.3 Å². The monoisotopic (exact) mass is 1920 g/mol. The summed E-state index contributed by atoms with van der Waals surface area (Å²) in [6, 6.07) is 19.0. The van der Waals surface area contributed by atoms with Crippen molar-refractivity contribution >= 4 is 81.5 Å². The number of aliphatic carboxylic acids is 1. The number of rotatable bonds is 25. The standard InChI is InChI=1S/C26H35FN4O6.C24H28FN5O3.C21H26FN5O3.C20H24FN3O5.C6H13NO2/c1-25(2)36-21(22(37-25)24(33)30(5)16-26(3)34-12-13-35-26)23(32)29-15-17-8-10-31(11-9-17)20-7-6-18(27)14-19(20)28-4;1-15-14-29(5)22(28-15)20-21(33-24(2,3)32-20)23(31)27-13-16-8-10-30(11-9-16)19-7-6-17(25)12-18(19)26-4;1-13-12-26(2)20(25-13)18(28)19(29)21(30)24-11-14-5-7-27(8-6-14)17-4-3-16(22)9-15(17)10-23;1-20(2)28-16(17(29-20)19(26)27)18(25)23-11-12-6-8-24(9-7-12)15-5-4-13(21)10-14(15)22-3;1-6(5-7-2)8-3-4-9-6/h6-7,14,17,21-22H,8-13,15-16H2,1-3,5H3,(H,29,32);6-7,10,12,14,16,20-21H,8-9,11,13H2,1-3,5H3;3-4,9,12,14,18-19,28-29H,5-8,11H2,1-2H3,(H,24,30);4-5,10,12,16-17H,6-9,11H2,1-2H3,(H,23,25)(H,26,27);7H,3-5H2,1-2H3/p+1/t21-,22-;16?,20-,21-;18-,19-;16-,17-;/m1111./s1. The summed E-state index contributed by atoms with van der Waals surface area (Å²) in [5.41, 5.74) is 5.60. The summed E-state index contributed by atoms with van der Waals surface area (Å²) >= 11 is 0. The van der Waals surface area contributed by atoms with E-state index in [1.807, 2.05) is 65.4 Å². The van der Waals surface area contributed by atoms with Gasteiger partial charge in [-0.3, -0.25) is 24.0 Å². The maximum atomic E-state index is 13.5. The Kier molecular flexibility index (Phi) is 36.6. The number of amides is 5. The number of hydrogen-bond donors (Lipinski definition) is 8. The van der Waals surface area contributed by atoms with Crippen LogP contribution >= 0.6 is 0 Å². The van der Waals surface area contributed by atoms with Crippen LogP contribution in [0.25, 0.3) is 14.5 Å². The topological polar surface area (TPSA) is 404 Å². The fourth-order valence-electron chi connectivity index (χ4n) is 18.0. The number of carboxylic acid groups (broad SMARTS) is 1. The van der Waals surface area contributed by atoms with E-state index < -0.39 is 119 Å². The quantitative estimate of drug-likeness (QED) is 0.0150. The number of halogens is 4. The molecular weight excluding hydrogens is 1800 g/mol. The highest BCUT2D eigenvalue weighted by atomic mass is 19.1. The van der Waals surface area contributed by atoms with E-state index in [0.29, 0.717) is 131 Å². The largest absolute Gasteiger partial charge is 0.479 e. The zero-order valence-electron chi connectivity index (χ0n) is 80.5. The van der Waals surface area contributed by atoms with Crippen LogP contribution in [0, 0.1) is 91.8 Å². The number of likely N-dealkylation sites (N-methyl/N-ethyl adjacent to an activating group) is 2. The molecule has 9 atom stereocenters. The third-order valence-electron chi connectivity index (χ3n) is 25.0. The third-order valence-corrected chi connectivity index (χ3v) is 25.0. The van der Waals surface area contributed by atoms with Gasteiger partial charge in [-0.1, -0.05) is 0 Å². The van der Waals surface area contributed by atoms with Crippen molar-refractivity contribution in [3.05, 3.63) is 171 Å². The Morgan fingerprint density at radius 2 is 0.957 bits per heavy atom. The molecule has 0 spiro atoms. The van der Waals surface area contributed by atoms with Crippen LogP contribution in [0.15, 0.2) is 85.2 Å². The van der Waals surface area contributed by atoms with Gasteiger partial charge in [0.15, 0.2) is 71.7 Å². The Hall–Kier alpha value is -11.7. The first kappa shape index (κ1) is 107. The zero-order valence-corrected chi connectivity index (χ0v) is 80.5. The molecule has 11 heterocycles. The van der Waals surface area contributed by atoms with Crippen LogP contribution in [-0.4, -0.2) is 277 Å². The van der Waals surface area contributed by atoms with Crippen molar-refractivity contribution in [3.63, 3.8) is 0 Å². The van der Waals surface area contributed by atoms with Crippen molar-refractivity contribution in [2.45, 2.75) is 198 Å². The van der Waals surface area contributed by atoms with Gasteiger partial charge in [-0.15, -0.1) is 0 Å². The van der Waals surface area contributed by atoms with E-state index in [-0.39, 0.29) is 59.3 Å². The third kappa shape index (κ3) is 28.6. The number of nitriles is 1. The number of aromatic nitrogens is 4. The predicted molar refractivity (Wildman–Crippen MR) is 497 cm³/mol. The van der Waals surface area contributed by atoms with Crippen molar-refractivity contribution in [1.82, 2.24) is 50.6 Å². The molecule has 5 amide bonds. The number of hydrogen-bond acceptors (Lipinski definition) is 25. The van der Waals surface area contributed by atoms with Crippen LogP contribution in [0.1, 0.15) is 148 Å². The molecule has 1 unspecified atom stereocenters. The van der Waals surface area contributed by atoms with E-state index in [1.54, 1.807) is 105 Å². The summed E-state index contributed by atoms with van der Waals surface area (Å²) < 4.78 is 115. The molecule has 8 fully saturated rings. The number of benzene rings is 4. The minimum atomic E-state index is -1.61. The maximum absolute atomic E-state index is 13.5. The lowest BCUT2D eigenvalue weighted by Crippen LogP contribution is -2.52.